The van der Waals surface area contributed by atoms with Crippen LogP contribution in [0.3, 0.4) is 0 Å². The summed E-state index contributed by atoms with van der Waals surface area (Å²) in [4.78, 5) is 26.7. The van der Waals surface area contributed by atoms with Crippen LogP contribution in [0.1, 0.15) is 53.0 Å². The van der Waals surface area contributed by atoms with Gasteiger partial charge in [-0.2, -0.15) is 4.31 Å². The first-order valence-corrected chi connectivity index (χ1v) is 11.8. The van der Waals surface area contributed by atoms with Crippen LogP contribution in [-0.2, 0) is 26.1 Å². The quantitative estimate of drug-likeness (QED) is 0.705. The van der Waals surface area contributed by atoms with Crippen molar-refractivity contribution in [3.05, 3.63) is 29.8 Å². The molecule has 9 heteroatoms. The van der Waals surface area contributed by atoms with Crippen LogP contribution in [0.2, 0.25) is 0 Å². The van der Waals surface area contributed by atoms with Crippen molar-refractivity contribution < 1.29 is 22.7 Å². The largest absolute Gasteiger partial charge is 0.444 e. The molecule has 1 saturated heterocycles. The van der Waals surface area contributed by atoms with Crippen LogP contribution in [0.15, 0.2) is 29.2 Å². The number of carbonyl (C=O) groups excluding carboxylic acids is 2. The summed E-state index contributed by atoms with van der Waals surface area (Å²) < 4.78 is 31.9. The fraction of sp³-hybridized carbons (Fsp3) is 0.619. The van der Waals surface area contributed by atoms with Crippen molar-refractivity contribution in [3.8, 4) is 0 Å². The predicted octanol–water partition coefficient (Wildman–Crippen LogP) is 2.73. The molecule has 1 atom stereocenters. The Morgan fingerprint density at radius 2 is 1.77 bits per heavy atom. The zero-order valence-corrected chi connectivity index (χ0v) is 19.3. The third kappa shape index (κ3) is 5.95. The average Bonchev–Trinajstić information content (AvgIpc) is 3.16. The highest BCUT2D eigenvalue weighted by Gasteiger charge is 2.36. The number of likely N-dealkylation sites (tertiary alicyclic amines) is 1. The second kappa shape index (κ2) is 9.78. The molecule has 1 aromatic carbocycles. The van der Waals surface area contributed by atoms with Crippen molar-refractivity contribution in [1.29, 1.82) is 0 Å². The fourth-order valence-corrected chi connectivity index (χ4v) is 4.84. The third-order valence-electron chi connectivity index (χ3n) is 4.92. The molecule has 1 aliphatic rings. The van der Waals surface area contributed by atoms with Crippen LogP contribution < -0.4 is 5.32 Å². The number of carbonyl (C=O) groups is 2. The molecule has 168 valence electrons. The molecule has 0 unspecified atom stereocenters. The number of amides is 2. The van der Waals surface area contributed by atoms with Crippen molar-refractivity contribution in [3.63, 3.8) is 0 Å². The van der Waals surface area contributed by atoms with E-state index in [-0.39, 0.29) is 17.3 Å². The minimum Gasteiger partial charge on any atom is -0.444 e. The summed E-state index contributed by atoms with van der Waals surface area (Å²) in [7, 11) is -3.51. The SMILES string of the molecule is CCN(CC)S(=O)(=O)c1ccc(CNC(=O)[C@@H]2CCCN2C(=O)OC(C)(C)C)cc1. The molecule has 1 aliphatic heterocycles. The van der Waals surface area contributed by atoms with Crippen LogP contribution >= 0.6 is 0 Å². The highest BCUT2D eigenvalue weighted by atomic mass is 32.2. The summed E-state index contributed by atoms with van der Waals surface area (Å²) in [5.74, 6) is -0.238. The summed E-state index contributed by atoms with van der Waals surface area (Å²) in [6.45, 7) is 10.5. The van der Waals surface area contributed by atoms with Crippen molar-refractivity contribution in [2.24, 2.45) is 0 Å². The van der Waals surface area contributed by atoms with Crippen LogP contribution in [0.4, 0.5) is 4.79 Å². The van der Waals surface area contributed by atoms with Crippen LogP contribution in [0.5, 0.6) is 0 Å². The first-order chi connectivity index (χ1) is 14.0. The summed E-state index contributed by atoms with van der Waals surface area (Å²) in [6.07, 6.45) is 0.854. The maximum absolute atomic E-state index is 12.6. The molecule has 0 radical (unpaired) electrons. The number of hydrogen-bond donors (Lipinski definition) is 1. The zero-order chi connectivity index (χ0) is 22.5. The molecular formula is C21H33N3O5S. The van der Waals surface area contributed by atoms with Gasteiger partial charge in [0.05, 0.1) is 4.90 Å². The maximum Gasteiger partial charge on any atom is 0.410 e. The monoisotopic (exact) mass is 439 g/mol. The van der Waals surface area contributed by atoms with Crippen LogP contribution in [0.25, 0.3) is 0 Å². The van der Waals surface area contributed by atoms with Gasteiger partial charge < -0.3 is 10.1 Å². The molecular weight excluding hydrogens is 406 g/mol. The molecule has 0 saturated carbocycles. The van der Waals surface area contributed by atoms with Gasteiger partial charge in [-0.05, 0) is 51.3 Å². The minimum atomic E-state index is -3.51. The van der Waals surface area contributed by atoms with Gasteiger partial charge in [-0.3, -0.25) is 9.69 Å². The van der Waals surface area contributed by atoms with Gasteiger partial charge in [0.2, 0.25) is 15.9 Å². The van der Waals surface area contributed by atoms with E-state index in [0.717, 1.165) is 12.0 Å². The molecule has 0 spiro atoms. The van der Waals surface area contributed by atoms with Crippen molar-refractivity contribution in [2.45, 2.75) is 70.5 Å². The van der Waals surface area contributed by atoms with Gasteiger partial charge >= 0.3 is 6.09 Å². The molecule has 0 aliphatic carbocycles. The van der Waals surface area contributed by atoms with Gasteiger partial charge in [0.25, 0.3) is 0 Å². The molecule has 0 bridgehead atoms. The van der Waals surface area contributed by atoms with Gasteiger partial charge in [-0.1, -0.05) is 26.0 Å². The Bertz CT molecular complexity index is 842. The van der Waals surface area contributed by atoms with E-state index in [0.29, 0.717) is 26.1 Å². The number of nitrogens with one attached hydrogen (secondary N) is 1. The first kappa shape index (κ1) is 24.1. The Labute approximate surface area is 179 Å². The molecule has 1 N–H and O–H groups in total. The molecule has 0 aromatic heterocycles. The number of sulfonamides is 1. The summed E-state index contributed by atoms with van der Waals surface area (Å²) in [6, 6.07) is 5.94. The molecule has 2 amide bonds. The lowest BCUT2D eigenvalue weighted by atomic mass is 10.2. The van der Waals surface area contributed by atoms with Crippen LogP contribution in [-0.4, -0.2) is 60.9 Å². The average molecular weight is 440 g/mol. The van der Waals surface area contributed by atoms with Crippen LogP contribution in [0, 0.1) is 0 Å². The summed E-state index contributed by atoms with van der Waals surface area (Å²) in [5, 5.41) is 2.84. The highest BCUT2D eigenvalue weighted by Crippen LogP contribution is 2.21. The van der Waals surface area contributed by atoms with E-state index in [1.165, 1.54) is 9.21 Å². The Morgan fingerprint density at radius 3 is 2.30 bits per heavy atom. The van der Waals surface area contributed by atoms with Gasteiger partial charge in [0.15, 0.2) is 0 Å². The fourth-order valence-electron chi connectivity index (χ4n) is 3.38. The number of rotatable bonds is 7. The smallest absolute Gasteiger partial charge is 0.410 e. The number of ether oxygens (including phenoxy) is 1. The highest BCUT2D eigenvalue weighted by molar-refractivity contribution is 7.89. The van der Waals surface area contributed by atoms with E-state index in [2.05, 4.69) is 5.32 Å². The van der Waals surface area contributed by atoms with E-state index < -0.39 is 27.8 Å². The van der Waals surface area contributed by atoms with Gasteiger partial charge in [0, 0.05) is 26.2 Å². The van der Waals surface area contributed by atoms with E-state index in [1.807, 2.05) is 0 Å². The molecule has 1 aromatic rings. The maximum atomic E-state index is 12.6. The number of benzene rings is 1. The van der Waals surface area contributed by atoms with E-state index in [1.54, 1.807) is 58.9 Å². The second-order valence-corrected chi connectivity index (χ2v) is 10.2. The third-order valence-corrected chi connectivity index (χ3v) is 6.98. The van der Waals surface area contributed by atoms with Gasteiger partial charge in [0.1, 0.15) is 11.6 Å². The standard InChI is InChI=1S/C21H33N3O5S/c1-6-23(7-2)30(27,28)17-12-10-16(11-13-17)15-22-19(25)18-9-8-14-24(18)20(26)29-21(3,4)5/h10-13,18H,6-9,14-15H2,1-5H3,(H,22,25)/t18-/m0/s1. The lowest BCUT2D eigenvalue weighted by Crippen LogP contribution is -2.47. The molecule has 30 heavy (non-hydrogen) atoms. The van der Waals surface area contributed by atoms with Crippen molar-refractivity contribution in [1.82, 2.24) is 14.5 Å². The molecule has 2 rings (SSSR count). The Morgan fingerprint density at radius 1 is 1.17 bits per heavy atom. The second-order valence-electron chi connectivity index (χ2n) is 8.28. The van der Waals surface area contributed by atoms with Crippen molar-refractivity contribution in [2.75, 3.05) is 19.6 Å². The minimum absolute atomic E-state index is 0.230. The lowest BCUT2D eigenvalue weighted by Gasteiger charge is -2.28. The van der Waals surface area contributed by atoms with E-state index >= 15 is 0 Å². The predicted molar refractivity (Wildman–Crippen MR) is 114 cm³/mol. The van der Waals surface area contributed by atoms with Crippen molar-refractivity contribution >= 4 is 22.0 Å². The van der Waals surface area contributed by atoms with Gasteiger partial charge in [-0.15, -0.1) is 0 Å². The Kier molecular flexibility index (Phi) is 7.87. The zero-order valence-electron chi connectivity index (χ0n) is 18.5. The Balaban J connectivity index is 1.98. The van der Waals surface area contributed by atoms with E-state index in [4.69, 9.17) is 4.74 Å². The lowest BCUT2D eigenvalue weighted by molar-refractivity contribution is -0.125. The molecule has 1 fully saturated rings. The summed E-state index contributed by atoms with van der Waals surface area (Å²) in [5.41, 5.74) is 0.164. The molecule has 8 nitrogen and oxygen atoms in total. The summed E-state index contributed by atoms with van der Waals surface area (Å²) >= 11 is 0. The Hall–Kier alpha value is -2.13. The number of hydrogen-bond acceptors (Lipinski definition) is 5. The van der Waals surface area contributed by atoms with E-state index in [9.17, 15) is 18.0 Å². The molecule has 1 heterocycles. The van der Waals surface area contributed by atoms with Gasteiger partial charge in [-0.25, -0.2) is 13.2 Å². The normalized spacial score (nSPS) is 17.3. The topological polar surface area (TPSA) is 96.0 Å². The number of nitrogens with zero attached hydrogens (tertiary/aromatic N) is 2. The first-order valence-electron chi connectivity index (χ1n) is 10.4.